The number of ketones is 1. The van der Waals surface area contributed by atoms with Gasteiger partial charge in [-0.1, -0.05) is 217 Å². The standard InChI is InChI=1S/C67H60N2O/c1-47(70)48-31-39-55(40-32-48)68(56-41-33-52(34-42-56)65(2,3)49-21-11-8-12-22-49)63-59-27-17-19-29-61(59)64(62-30-20-18-28-60(62)63)69(57-43-35-53(36-44-57)66(4,5)50-23-13-9-14-24-50)58-45-37-54(38-46-58)67(6,7)51-25-15-10-16-26-51/h8-46H,1-7H3. The highest BCUT2D eigenvalue weighted by atomic mass is 16.1. The predicted octanol–water partition coefficient (Wildman–Crippen LogP) is 18.1. The van der Waals surface area contributed by atoms with Gasteiger partial charge < -0.3 is 9.80 Å². The van der Waals surface area contributed by atoms with Gasteiger partial charge in [-0.05, 0) is 101 Å². The minimum atomic E-state index is -0.205. The third kappa shape index (κ3) is 8.36. The third-order valence-corrected chi connectivity index (χ3v) is 14.9. The first kappa shape index (κ1) is 45.8. The van der Waals surface area contributed by atoms with E-state index in [1.54, 1.807) is 6.92 Å². The van der Waals surface area contributed by atoms with Crippen LogP contribution in [0.3, 0.4) is 0 Å². The van der Waals surface area contributed by atoms with Crippen LogP contribution >= 0.6 is 0 Å². The number of carbonyl (C=O) groups excluding carboxylic acids is 1. The Bertz CT molecular complexity index is 3280. The number of carbonyl (C=O) groups is 1. The molecule has 0 N–H and O–H groups in total. The van der Waals surface area contributed by atoms with E-state index in [0.29, 0.717) is 5.56 Å². The lowest BCUT2D eigenvalue weighted by Crippen LogP contribution is -2.20. The number of rotatable bonds is 13. The summed E-state index contributed by atoms with van der Waals surface area (Å²) in [5.74, 6) is 0.0410. The molecule has 0 atom stereocenters. The first-order valence-corrected chi connectivity index (χ1v) is 24.5. The van der Waals surface area contributed by atoms with Crippen molar-refractivity contribution in [2.75, 3.05) is 9.80 Å². The Morgan fingerprint density at radius 1 is 0.286 bits per heavy atom. The van der Waals surface area contributed by atoms with Gasteiger partial charge in [-0.25, -0.2) is 0 Å². The summed E-state index contributed by atoms with van der Waals surface area (Å²) in [7, 11) is 0. The fourth-order valence-corrected chi connectivity index (χ4v) is 10.4. The van der Waals surface area contributed by atoms with Gasteiger partial charge in [-0.2, -0.15) is 0 Å². The lowest BCUT2D eigenvalue weighted by molar-refractivity contribution is 0.101. The van der Waals surface area contributed by atoms with Crippen LogP contribution in [0.1, 0.15) is 92.2 Å². The van der Waals surface area contributed by atoms with Gasteiger partial charge in [0, 0.05) is 66.1 Å². The van der Waals surface area contributed by atoms with E-state index in [9.17, 15) is 4.79 Å². The highest BCUT2D eigenvalue weighted by molar-refractivity contribution is 6.23. The molecule has 3 nitrogen and oxygen atoms in total. The van der Waals surface area contributed by atoms with Crippen LogP contribution in [0, 0.1) is 0 Å². The van der Waals surface area contributed by atoms with Crippen molar-refractivity contribution in [3.8, 4) is 0 Å². The minimum Gasteiger partial charge on any atom is -0.309 e. The molecule has 0 saturated carbocycles. The van der Waals surface area contributed by atoms with Crippen LogP contribution in [0.2, 0.25) is 0 Å². The van der Waals surface area contributed by atoms with Gasteiger partial charge >= 0.3 is 0 Å². The van der Waals surface area contributed by atoms with Crippen molar-refractivity contribution in [3.05, 3.63) is 276 Å². The van der Waals surface area contributed by atoms with Crippen molar-refractivity contribution in [2.24, 2.45) is 0 Å². The SMILES string of the molecule is CC(=O)c1ccc(N(c2ccc(C(C)(C)c3ccccc3)cc2)c2c3ccccc3c(N(c3ccc(C(C)(C)c4ccccc4)cc3)c3ccc(C(C)(C)c4ccccc4)cc3)c3ccccc23)cc1. The van der Waals surface area contributed by atoms with Crippen molar-refractivity contribution in [1.29, 1.82) is 0 Å². The number of hydrogen-bond acceptors (Lipinski definition) is 3. The summed E-state index contributed by atoms with van der Waals surface area (Å²) in [5.41, 5.74) is 13.9. The van der Waals surface area contributed by atoms with Gasteiger partial charge in [-0.15, -0.1) is 0 Å². The summed E-state index contributed by atoms with van der Waals surface area (Å²) in [6.45, 7) is 15.4. The first-order chi connectivity index (χ1) is 33.8. The number of benzene rings is 10. The molecule has 10 aromatic rings. The second kappa shape index (κ2) is 18.5. The van der Waals surface area contributed by atoms with Crippen molar-refractivity contribution < 1.29 is 4.79 Å². The van der Waals surface area contributed by atoms with E-state index < -0.39 is 0 Å². The van der Waals surface area contributed by atoms with Crippen molar-refractivity contribution in [3.63, 3.8) is 0 Å². The van der Waals surface area contributed by atoms with Crippen LogP contribution in [-0.2, 0) is 16.2 Å². The lowest BCUT2D eigenvalue weighted by Gasteiger charge is -2.34. The molecule has 0 aliphatic heterocycles. The molecular weight excluding hydrogens is 849 g/mol. The quantitative estimate of drug-likeness (QED) is 0.0654. The summed E-state index contributed by atoms with van der Waals surface area (Å²) in [5, 5.41) is 4.44. The second-order valence-electron chi connectivity index (χ2n) is 20.2. The van der Waals surface area contributed by atoms with Crippen LogP contribution in [0.5, 0.6) is 0 Å². The fraction of sp³-hybridized carbons (Fsp3) is 0.149. The molecule has 0 aliphatic carbocycles. The Morgan fingerprint density at radius 3 is 0.743 bits per heavy atom. The number of fused-ring (bicyclic) bond motifs is 2. The van der Waals surface area contributed by atoms with Gasteiger partial charge in [0.1, 0.15) is 0 Å². The maximum atomic E-state index is 12.6. The first-order valence-electron chi connectivity index (χ1n) is 24.5. The van der Waals surface area contributed by atoms with Crippen molar-refractivity contribution >= 4 is 61.5 Å². The van der Waals surface area contributed by atoms with E-state index in [1.807, 2.05) is 12.1 Å². The largest absolute Gasteiger partial charge is 0.309 e. The summed E-state index contributed by atoms with van der Waals surface area (Å²) in [6, 6.07) is 85.4. The van der Waals surface area contributed by atoms with Gasteiger partial charge in [0.2, 0.25) is 0 Å². The molecule has 0 spiro atoms. The van der Waals surface area contributed by atoms with E-state index in [0.717, 1.165) is 55.7 Å². The zero-order valence-electron chi connectivity index (χ0n) is 41.3. The van der Waals surface area contributed by atoms with E-state index >= 15 is 0 Å². The molecule has 0 aliphatic rings. The predicted molar refractivity (Wildman–Crippen MR) is 297 cm³/mol. The Labute approximate surface area is 414 Å². The average molecular weight is 909 g/mol. The number of Topliss-reactive ketones (excluding diaryl/α,β-unsaturated/α-hetero) is 1. The minimum absolute atomic E-state index is 0.0410. The highest BCUT2D eigenvalue weighted by Crippen LogP contribution is 2.52. The molecule has 344 valence electrons. The highest BCUT2D eigenvalue weighted by Gasteiger charge is 2.29. The molecule has 0 amide bonds. The Kier molecular flexibility index (Phi) is 12.1. The van der Waals surface area contributed by atoms with Crippen LogP contribution in [0.25, 0.3) is 21.5 Å². The second-order valence-corrected chi connectivity index (χ2v) is 20.2. The molecule has 0 saturated heterocycles. The molecular formula is C67H60N2O. The van der Waals surface area contributed by atoms with Crippen LogP contribution in [0.4, 0.5) is 34.1 Å². The number of hydrogen-bond donors (Lipinski definition) is 0. The third-order valence-electron chi connectivity index (χ3n) is 14.9. The van der Waals surface area contributed by atoms with Gasteiger partial charge in [-0.3, -0.25) is 4.79 Å². The van der Waals surface area contributed by atoms with Crippen LogP contribution in [0.15, 0.2) is 237 Å². The van der Waals surface area contributed by atoms with Crippen LogP contribution < -0.4 is 9.80 Å². The molecule has 0 heterocycles. The molecule has 0 fully saturated rings. The summed E-state index contributed by atoms with van der Waals surface area (Å²) < 4.78 is 0. The molecule has 0 radical (unpaired) electrons. The number of anilines is 6. The lowest BCUT2D eigenvalue weighted by atomic mass is 9.78. The van der Waals surface area contributed by atoms with Crippen molar-refractivity contribution in [2.45, 2.75) is 64.7 Å². The van der Waals surface area contributed by atoms with Crippen LogP contribution in [-0.4, -0.2) is 5.78 Å². The monoisotopic (exact) mass is 908 g/mol. The van der Waals surface area contributed by atoms with E-state index in [-0.39, 0.29) is 22.0 Å². The van der Waals surface area contributed by atoms with Gasteiger partial charge in [0.15, 0.2) is 5.78 Å². The van der Waals surface area contributed by atoms with E-state index in [1.165, 1.54) is 33.4 Å². The molecule has 0 unspecified atom stereocenters. The average Bonchev–Trinajstić information content (AvgIpc) is 3.40. The molecule has 10 rings (SSSR count). The Morgan fingerprint density at radius 2 is 0.500 bits per heavy atom. The zero-order chi connectivity index (χ0) is 48.6. The Balaban J connectivity index is 1.19. The summed E-state index contributed by atoms with van der Waals surface area (Å²) in [4.78, 5) is 17.5. The smallest absolute Gasteiger partial charge is 0.159 e. The summed E-state index contributed by atoms with van der Waals surface area (Å²) in [6.07, 6.45) is 0. The van der Waals surface area contributed by atoms with Crippen molar-refractivity contribution in [1.82, 2.24) is 0 Å². The summed E-state index contributed by atoms with van der Waals surface area (Å²) >= 11 is 0. The maximum absolute atomic E-state index is 12.6. The Hall–Kier alpha value is -8.01. The van der Waals surface area contributed by atoms with Gasteiger partial charge in [0.05, 0.1) is 11.4 Å². The molecule has 0 aromatic heterocycles. The maximum Gasteiger partial charge on any atom is 0.159 e. The van der Waals surface area contributed by atoms with Gasteiger partial charge in [0.25, 0.3) is 0 Å². The van der Waals surface area contributed by atoms with E-state index in [4.69, 9.17) is 0 Å². The molecule has 3 heteroatoms. The molecule has 70 heavy (non-hydrogen) atoms. The normalized spacial score (nSPS) is 12.0. The zero-order valence-corrected chi connectivity index (χ0v) is 41.3. The topological polar surface area (TPSA) is 23.6 Å². The molecule has 10 aromatic carbocycles. The fourth-order valence-electron chi connectivity index (χ4n) is 10.4. The number of nitrogens with zero attached hydrogens (tertiary/aromatic N) is 2. The molecule has 0 bridgehead atoms. The van der Waals surface area contributed by atoms with E-state index in [2.05, 4.69) is 276 Å².